The number of esters is 2. The second kappa shape index (κ2) is 45.1. The maximum absolute atomic E-state index is 12.8. The minimum atomic E-state index is -1.51. The van der Waals surface area contributed by atoms with Gasteiger partial charge in [0, 0.05) is 12.8 Å². The Hall–Kier alpha value is -2.49. The zero-order valence-electron chi connectivity index (χ0n) is 41.0. The van der Waals surface area contributed by atoms with Crippen LogP contribution in [0.4, 0.5) is 0 Å². The van der Waals surface area contributed by atoms with Crippen molar-refractivity contribution >= 4 is 17.9 Å². The highest BCUT2D eigenvalue weighted by Gasteiger charge is 2.25. The highest BCUT2D eigenvalue weighted by molar-refractivity contribution is 5.71. The Balaban J connectivity index is 4.19. The highest BCUT2D eigenvalue weighted by atomic mass is 16.7. The molecule has 0 radical (unpaired) electrons. The van der Waals surface area contributed by atoms with E-state index in [0.717, 1.165) is 51.4 Å². The number of nitrogens with zero attached hydrogens (tertiary/aromatic N) is 1. The van der Waals surface area contributed by atoms with Crippen molar-refractivity contribution in [3.8, 4) is 0 Å². The molecule has 0 aliphatic rings. The molecule has 362 valence electrons. The van der Waals surface area contributed by atoms with Crippen LogP contribution in [-0.4, -0.2) is 87.4 Å². The van der Waals surface area contributed by atoms with Crippen LogP contribution >= 0.6 is 0 Å². The molecule has 0 heterocycles. The largest absolute Gasteiger partial charge is 0.477 e. The molecule has 0 aliphatic heterocycles. The van der Waals surface area contributed by atoms with Crippen molar-refractivity contribution in [1.29, 1.82) is 0 Å². The number of likely N-dealkylation sites (N-methyl/N-ethyl adjacent to an activating group) is 1. The van der Waals surface area contributed by atoms with Gasteiger partial charge in [0.05, 0.1) is 34.4 Å². The number of aliphatic carboxylic acids is 1. The lowest BCUT2D eigenvalue weighted by molar-refractivity contribution is -0.870. The minimum absolute atomic E-state index is 0.180. The van der Waals surface area contributed by atoms with Gasteiger partial charge in [-0.3, -0.25) is 9.59 Å². The van der Waals surface area contributed by atoms with Gasteiger partial charge in [-0.25, -0.2) is 4.79 Å². The number of rotatable bonds is 47. The summed E-state index contributed by atoms with van der Waals surface area (Å²) >= 11 is 0. The van der Waals surface area contributed by atoms with Crippen LogP contribution in [-0.2, 0) is 33.3 Å². The number of carboxylic acids is 1. The molecule has 1 N–H and O–H groups in total. The van der Waals surface area contributed by atoms with Crippen LogP contribution in [0.15, 0.2) is 36.5 Å². The Kier molecular flexibility index (Phi) is 43.3. The molecule has 0 saturated carbocycles. The van der Waals surface area contributed by atoms with Gasteiger partial charge >= 0.3 is 17.9 Å². The van der Waals surface area contributed by atoms with Crippen molar-refractivity contribution in [2.45, 2.75) is 238 Å². The number of hydrogen-bond acceptors (Lipinski definition) is 7. The van der Waals surface area contributed by atoms with E-state index in [4.69, 9.17) is 18.9 Å². The van der Waals surface area contributed by atoms with Gasteiger partial charge in [-0.1, -0.05) is 198 Å². The number of unbranched alkanes of at least 4 members (excludes halogenated alkanes) is 26. The Morgan fingerprint density at radius 2 is 0.871 bits per heavy atom. The number of ether oxygens (including phenoxy) is 4. The molecule has 9 heteroatoms. The number of carbonyl (C=O) groups is 3. The van der Waals surface area contributed by atoms with Gasteiger partial charge in [-0.15, -0.1) is 0 Å². The average molecular weight is 877 g/mol. The molecule has 0 rings (SSSR count). The van der Waals surface area contributed by atoms with E-state index in [1.807, 2.05) is 21.1 Å². The van der Waals surface area contributed by atoms with Crippen LogP contribution in [0.25, 0.3) is 0 Å². The lowest BCUT2D eigenvalue weighted by Gasteiger charge is -2.25. The zero-order chi connectivity index (χ0) is 45.6. The van der Waals surface area contributed by atoms with E-state index in [-0.39, 0.29) is 32.2 Å². The summed E-state index contributed by atoms with van der Waals surface area (Å²) in [5.74, 6) is -2.00. The Morgan fingerprint density at radius 1 is 0.484 bits per heavy atom. The van der Waals surface area contributed by atoms with Crippen molar-refractivity contribution in [3.05, 3.63) is 36.5 Å². The molecule has 0 fully saturated rings. The van der Waals surface area contributed by atoms with Crippen LogP contribution in [0.3, 0.4) is 0 Å². The van der Waals surface area contributed by atoms with Crippen LogP contribution in [0.5, 0.6) is 0 Å². The third kappa shape index (κ3) is 45.5. The third-order valence-electron chi connectivity index (χ3n) is 11.1. The van der Waals surface area contributed by atoms with E-state index < -0.39 is 24.3 Å². The lowest BCUT2D eigenvalue weighted by Crippen LogP contribution is -2.40. The summed E-state index contributed by atoms with van der Waals surface area (Å²) in [4.78, 5) is 37.1. The van der Waals surface area contributed by atoms with E-state index in [9.17, 15) is 19.5 Å². The van der Waals surface area contributed by atoms with E-state index in [1.54, 1.807) is 0 Å². The van der Waals surface area contributed by atoms with Crippen LogP contribution in [0.1, 0.15) is 226 Å². The molecule has 0 aliphatic carbocycles. The molecule has 0 aromatic heterocycles. The SMILES string of the molecule is CCCCCCC/C=C\C/C=C\C/C=C\CCCCCCCCCCCCCCC(=O)OC(COC(=O)CCCCCCCCCCCC)COC(OCC[N+](C)(C)C)C(=O)O. The lowest BCUT2D eigenvalue weighted by atomic mass is 10.0. The predicted molar refractivity (Wildman–Crippen MR) is 258 cm³/mol. The first-order valence-corrected chi connectivity index (χ1v) is 25.7. The summed E-state index contributed by atoms with van der Waals surface area (Å²) in [6.45, 7) is 4.86. The van der Waals surface area contributed by atoms with Gasteiger partial charge in [0.25, 0.3) is 6.29 Å². The zero-order valence-corrected chi connectivity index (χ0v) is 41.0. The van der Waals surface area contributed by atoms with Crippen molar-refractivity contribution in [1.82, 2.24) is 0 Å². The number of allylic oxidation sites excluding steroid dienone is 6. The number of carboxylic acid groups (broad SMARTS) is 1. The Bertz CT molecular complexity index is 1110. The molecule has 0 amide bonds. The molecular weight excluding hydrogens is 779 g/mol. The molecule has 2 atom stereocenters. The fraction of sp³-hybridized carbons (Fsp3) is 0.830. The second-order valence-electron chi connectivity index (χ2n) is 18.5. The number of carbonyl (C=O) groups excluding carboxylic acids is 2. The fourth-order valence-electron chi connectivity index (χ4n) is 7.14. The van der Waals surface area contributed by atoms with Crippen molar-refractivity contribution < 1.29 is 42.9 Å². The van der Waals surface area contributed by atoms with Gasteiger partial charge < -0.3 is 28.5 Å². The standard InChI is InChI=1S/C53H97NO8/c1-6-8-10-12-14-16-18-19-20-21-22-23-24-25-26-27-28-29-30-31-32-33-34-36-38-40-42-44-51(56)62-49(48-61-53(52(57)58)59-46-45-54(3,4)5)47-60-50(55)43-41-39-37-35-17-15-13-11-9-7-2/h18-19,21-22,24-25,49,53H,6-17,20,23,26-48H2,1-5H3/p+1/b19-18-,22-21-,25-24-. The summed E-state index contributed by atoms with van der Waals surface area (Å²) in [5, 5.41) is 9.64. The molecule has 0 bridgehead atoms. The van der Waals surface area contributed by atoms with Gasteiger partial charge in [-0.05, 0) is 51.4 Å². The molecule has 9 nitrogen and oxygen atoms in total. The van der Waals surface area contributed by atoms with Crippen molar-refractivity contribution in [2.75, 3.05) is 47.5 Å². The Labute approximate surface area is 381 Å². The Morgan fingerprint density at radius 3 is 1.29 bits per heavy atom. The molecular formula is C53H98NO8+. The smallest absolute Gasteiger partial charge is 0.361 e. The van der Waals surface area contributed by atoms with Crippen molar-refractivity contribution in [2.24, 2.45) is 0 Å². The second-order valence-corrected chi connectivity index (χ2v) is 18.5. The van der Waals surface area contributed by atoms with Gasteiger partial charge in [-0.2, -0.15) is 0 Å². The van der Waals surface area contributed by atoms with Gasteiger partial charge in [0.1, 0.15) is 13.2 Å². The normalized spacial score (nSPS) is 13.1. The van der Waals surface area contributed by atoms with Gasteiger partial charge in [0.2, 0.25) is 0 Å². The van der Waals surface area contributed by atoms with E-state index in [0.29, 0.717) is 17.4 Å². The molecule has 0 spiro atoms. The monoisotopic (exact) mass is 877 g/mol. The summed E-state index contributed by atoms with van der Waals surface area (Å²) in [6, 6.07) is 0. The topological polar surface area (TPSA) is 108 Å². The van der Waals surface area contributed by atoms with Crippen LogP contribution in [0.2, 0.25) is 0 Å². The van der Waals surface area contributed by atoms with Crippen LogP contribution < -0.4 is 0 Å². The van der Waals surface area contributed by atoms with E-state index >= 15 is 0 Å². The summed E-state index contributed by atoms with van der Waals surface area (Å²) in [6.07, 6.45) is 49.3. The van der Waals surface area contributed by atoms with E-state index in [1.165, 1.54) is 148 Å². The number of quaternary nitrogens is 1. The molecule has 62 heavy (non-hydrogen) atoms. The van der Waals surface area contributed by atoms with E-state index in [2.05, 4.69) is 50.3 Å². The van der Waals surface area contributed by atoms with Crippen LogP contribution in [0, 0.1) is 0 Å². The van der Waals surface area contributed by atoms with Crippen molar-refractivity contribution in [3.63, 3.8) is 0 Å². The highest BCUT2D eigenvalue weighted by Crippen LogP contribution is 2.15. The average Bonchev–Trinajstić information content (AvgIpc) is 3.23. The third-order valence-corrected chi connectivity index (χ3v) is 11.1. The first-order valence-electron chi connectivity index (χ1n) is 25.7. The summed E-state index contributed by atoms with van der Waals surface area (Å²) in [5.41, 5.74) is 0. The maximum atomic E-state index is 12.8. The fourth-order valence-corrected chi connectivity index (χ4v) is 7.14. The quantitative estimate of drug-likeness (QED) is 0.0212. The maximum Gasteiger partial charge on any atom is 0.361 e. The molecule has 2 unspecified atom stereocenters. The van der Waals surface area contributed by atoms with Gasteiger partial charge in [0.15, 0.2) is 6.10 Å². The summed E-state index contributed by atoms with van der Waals surface area (Å²) in [7, 11) is 5.96. The minimum Gasteiger partial charge on any atom is -0.477 e. The summed E-state index contributed by atoms with van der Waals surface area (Å²) < 4.78 is 22.8. The molecule has 0 aromatic carbocycles. The number of hydrogen-bond donors (Lipinski definition) is 1. The molecule has 0 aromatic rings. The first-order chi connectivity index (χ1) is 30.1. The molecule has 0 saturated heterocycles. The predicted octanol–water partition coefficient (Wildman–Crippen LogP) is 14.2. The first kappa shape index (κ1) is 59.5.